The third-order valence-electron chi connectivity index (χ3n) is 5.54. The van der Waals surface area contributed by atoms with Gasteiger partial charge in [0.15, 0.2) is 0 Å². The Morgan fingerprint density at radius 3 is 2.48 bits per heavy atom. The fourth-order valence-electron chi connectivity index (χ4n) is 3.71. The van der Waals surface area contributed by atoms with Crippen molar-refractivity contribution in [3.05, 3.63) is 75.5 Å². The Labute approximate surface area is 168 Å². The van der Waals surface area contributed by atoms with E-state index in [9.17, 15) is 9.59 Å². The number of nitrogens with zero attached hydrogens (tertiary/aromatic N) is 6. The molecule has 8 heteroatoms. The lowest BCUT2D eigenvalue weighted by atomic mass is 9.96. The van der Waals surface area contributed by atoms with Crippen LogP contribution >= 0.6 is 0 Å². The third-order valence-corrected chi connectivity index (χ3v) is 5.54. The minimum atomic E-state index is -0.0862. The summed E-state index contributed by atoms with van der Waals surface area (Å²) in [5.41, 5.74) is 2.49. The van der Waals surface area contributed by atoms with Crippen molar-refractivity contribution in [2.24, 2.45) is 13.0 Å². The molecule has 4 rings (SSSR count). The number of hydrogen-bond acceptors (Lipinski definition) is 6. The molecule has 0 saturated carbocycles. The van der Waals surface area contributed by atoms with Gasteiger partial charge in [0.2, 0.25) is 0 Å². The lowest BCUT2D eigenvalue weighted by Crippen LogP contribution is -2.37. The first-order valence-electron chi connectivity index (χ1n) is 9.81. The van der Waals surface area contributed by atoms with Crippen molar-refractivity contribution in [3.8, 4) is 11.3 Å². The molecule has 29 heavy (non-hydrogen) atoms. The molecule has 0 radical (unpaired) electrons. The van der Waals surface area contributed by atoms with Gasteiger partial charge in [-0.2, -0.15) is 5.10 Å². The van der Waals surface area contributed by atoms with E-state index in [1.807, 2.05) is 12.1 Å². The maximum Gasteiger partial charge on any atom is 0.268 e. The normalized spacial score (nSPS) is 15.5. The fourth-order valence-corrected chi connectivity index (χ4v) is 3.71. The molecule has 3 aromatic heterocycles. The molecule has 150 valence electrons. The molecule has 0 aliphatic carbocycles. The van der Waals surface area contributed by atoms with Crippen LogP contribution in [0.15, 0.2) is 58.6 Å². The summed E-state index contributed by atoms with van der Waals surface area (Å²) in [5.74, 6) is 0.404. The number of pyridine rings is 1. The Bertz CT molecular complexity index is 1080. The molecule has 8 nitrogen and oxygen atoms in total. The van der Waals surface area contributed by atoms with Gasteiger partial charge in [0.05, 0.1) is 17.6 Å². The monoisotopic (exact) mass is 392 g/mol. The summed E-state index contributed by atoms with van der Waals surface area (Å²) in [6.45, 7) is 3.18. The molecular weight excluding hydrogens is 368 g/mol. The summed E-state index contributed by atoms with van der Waals surface area (Å²) in [6, 6.07) is 7.12. The van der Waals surface area contributed by atoms with Crippen LogP contribution in [-0.4, -0.2) is 42.3 Å². The molecule has 0 N–H and O–H groups in total. The molecule has 1 fully saturated rings. The molecule has 3 aromatic rings. The second-order valence-electron chi connectivity index (χ2n) is 7.49. The highest BCUT2D eigenvalue weighted by atomic mass is 16.1. The minimum absolute atomic E-state index is 0.0735. The van der Waals surface area contributed by atoms with E-state index < -0.39 is 0 Å². The molecule has 0 amide bonds. The van der Waals surface area contributed by atoms with Crippen molar-refractivity contribution in [2.45, 2.75) is 25.9 Å². The number of rotatable bonds is 5. The quantitative estimate of drug-likeness (QED) is 0.651. The first-order valence-corrected chi connectivity index (χ1v) is 9.81. The van der Waals surface area contributed by atoms with Crippen molar-refractivity contribution in [1.82, 2.24) is 29.2 Å². The average molecular weight is 392 g/mol. The molecular formula is C21H24N6O2. The summed E-state index contributed by atoms with van der Waals surface area (Å²) in [5, 5.41) is 4.56. The molecule has 1 saturated heterocycles. The lowest BCUT2D eigenvalue weighted by molar-refractivity contribution is 0.160. The Balaban J connectivity index is 1.39. The maximum absolute atomic E-state index is 12.3. The van der Waals surface area contributed by atoms with Gasteiger partial charge in [0.25, 0.3) is 11.1 Å². The molecule has 0 atom stereocenters. The van der Waals surface area contributed by atoms with Crippen LogP contribution in [0.1, 0.15) is 18.5 Å². The van der Waals surface area contributed by atoms with Crippen LogP contribution in [-0.2, 0) is 20.1 Å². The van der Waals surface area contributed by atoms with Gasteiger partial charge < -0.3 is 4.57 Å². The van der Waals surface area contributed by atoms with Crippen molar-refractivity contribution >= 4 is 0 Å². The van der Waals surface area contributed by atoms with Crippen molar-refractivity contribution in [1.29, 1.82) is 0 Å². The van der Waals surface area contributed by atoms with E-state index in [1.54, 1.807) is 47.0 Å². The standard InChI is InChI=1S/C21H24N6O2/c1-25-18(12-23-13-21(25)29)15-26-10-6-16(7-11-26)14-27-20(28)3-2-19(24-27)17-4-8-22-9-5-17/h2-5,8-9,12-13,16H,6-7,10-11,14-15H2,1H3. The van der Waals surface area contributed by atoms with Gasteiger partial charge in [-0.05, 0) is 50.0 Å². The van der Waals surface area contributed by atoms with Crippen LogP contribution in [0, 0.1) is 5.92 Å². The van der Waals surface area contributed by atoms with Gasteiger partial charge in [0.1, 0.15) is 0 Å². The van der Waals surface area contributed by atoms with Crippen LogP contribution in [0.2, 0.25) is 0 Å². The first kappa shape index (κ1) is 19.2. The van der Waals surface area contributed by atoms with Crippen LogP contribution in [0.3, 0.4) is 0 Å². The van der Waals surface area contributed by atoms with E-state index in [4.69, 9.17) is 0 Å². The number of hydrogen-bond donors (Lipinski definition) is 0. The average Bonchev–Trinajstić information content (AvgIpc) is 2.75. The number of piperidine rings is 1. The van der Waals surface area contributed by atoms with Gasteiger partial charge in [-0.25, -0.2) is 4.68 Å². The predicted molar refractivity (Wildman–Crippen MR) is 109 cm³/mol. The van der Waals surface area contributed by atoms with Crippen molar-refractivity contribution in [3.63, 3.8) is 0 Å². The zero-order valence-electron chi connectivity index (χ0n) is 16.4. The molecule has 0 unspecified atom stereocenters. The molecule has 4 heterocycles. The lowest BCUT2D eigenvalue weighted by Gasteiger charge is -2.32. The van der Waals surface area contributed by atoms with E-state index in [2.05, 4.69) is 20.0 Å². The van der Waals surface area contributed by atoms with Gasteiger partial charge in [-0.15, -0.1) is 0 Å². The third kappa shape index (κ3) is 4.48. The SMILES string of the molecule is Cn1c(CN2CCC(Cn3nc(-c4ccncc4)ccc3=O)CC2)cncc1=O. The maximum atomic E-state index is 12.3. The molecule has 0 spiro atoms. The largest absolute Gasteiger partial charge is 0.312 e. The fraction of sp³-hybridized carbons (Fsp3) is 0.381. The van der Waals surface area contributed by atoms with Crippen molar-refractivity contribution in [2.75, 3.05) is 13.1 Å². The van der Waals surface area contributed by atoms with Crippen LogP contribution in [0.25, 0.3) is 11.3 Å². The Morgan fingerprint density at radius 2 is 1.72 bits per heavy atom. The number of aromatic nitrogens is 5. The first-order chi connectivity index (χ1) is 14.1. The van der Waals surface area contributed by atoms with E-state index in [1.165, 1.54) is 6.20 Å². The van der Waals surface area contributed by atoms with E-state index >= 15 is 0 Å². The number of likely N-dealkylation sites (tertiary alicyclic amines) is 1. The van der Waals surface area contributed by atoms with Gasteiger partial charge in [0, 0.05) is 50.4 Å². The smallest absolute Gasteiger partial charge is 0.268 e. The van der Waals surface area contributed by atoms with E-state index in [-0.39, 0.29) is 11.1 Å². The van der Waals surface area contributed by atoms with Crippen LogP contribution < -0.4 is 11.1 Å². The summed E-state index contributed by atoms with van der Waals surface area (Å²) in [7, 11) is 1.78. The topological polar surface area (TPSA) is 85.9 Å². The Morgan fingerprint density at radius 1 is 0.966 bits per heavy atom. The predicted octanol–water partition coefficient (Wildman–Crippen LogP) is 1.31. The highest BCUT2D eigenvalue weighted by molar-refractivity contribution is 5.56. The van der Waals surface area contributed by atoms with Crippen LogP contribution in [0.4, 0.5) is 0 Å². The Hall–Kier alpha value is -3.13. The molecule has 1 aliphatic heterocycles. The summed E-state index contributed by atoms with van der Waals surface area (Å²) in [4.78, 5) is 34.4. The zero-order chi connectivity index (χ0) is 20.2. The zero-order valence-corrected chi connectivity index (χ0v) is 16.4. The summed E-state index contributed by atoms with van der Waals surface area (Å²) < 4.78 is 3.23. The molecule has 0 aromatic carbocycles. The highest BCUT2D eigenvalue weighted by Gasteiger charge is 2.21. The van der Waals surface area contributed by atoms with E-state index in [0.29, 0.717) is 19.0 Å². The Kier molecular flexibility index (Phi) is 5.62. The second kappa shape index (κ2) is 8.48. The molecule has 0 bridgehead atoms. The second-order valence-corrected chi connectivity index (χ2v) is 7.49. The molecule has 1 aliphatic rings. The minimum Gasteiger partial charge on any atom is -0.312 e. The van der Waals surface area contributed by atoms with E-state index in [0.717, 1.165) is 42.9 Å². The van der Waals surface area contributed by atoms with Gasteiger partial charge in [-0.3, -0.25) is 24.5 Å². The highest BCUT2D eigenvalue weighted by Crippen LogP contribution is 2.20. The van der Waals surface area contributed by atoms with Gasteiger partial charge >= 0.3 is 0 Å². The van der Waals surface area contributed by atoms with Gasteiger partial charge in [-0.1, -0.05) is 0 Å². The van der Waals surface area contributed by atoms with Crippen LogP contribution in [0.5, 0.6) is 0 Å². The summed E-state index contributed by atoms with van der Waals surface area (Å²) in [6.07, 6.45) is 8.51. The summed E-state index contributed by atoms with van der Waals surface area (Å²) >= 11 is 0. The van der Waals surface area contributed by atoms with Crippen molar-refractivity contribution < 1.29 is 0 Å².